The summed E-state index contributed by atoms with van der Waals surface area (Å²) in [6.07, 6.45) is 4.09. The summed E-state index contributed by atoms with van der Waals surface area (Å²) < 4.78 is 5.61. The Morgan fingerprint density at radius 3 is 2.84 bits per heavy atom. The lowest BCUT2D eigenvalue weighted by molar-refractivity contribution is -0.138. The van der Waals surface area contributed by atoms with Gasteiger partial charge < -0.3 is 14.4 Å². The van der Waals surface area contributed by atoms with Gasteiger partial charge in [-0.15, -0.1) is 0 Å². The lowest BCUT2D eigenvalue weighted by Crippen LogP contribution is -2.31. The molecule has 1 aromatic rings. The number of carbonyl (C=O) groups is 2. The molecule has 1 aliphatic heterocycles. The minimum atomic E-state index is -0.761. The Bertz CT molecular complexity index is 471. The van der Waals surface area contributed by atoms with Gasteiger partial charge in [0.05, 0.1) is 5.56 Å². The number of rotatable bonds is 3. The van der Waals surface area contributed by atoms with E-state index in [9.17, 15) is 9.59 Å². The Hall–Kier alpha value is -1.30. The Morgan fingerprint density at radius 2 is 2.21 bits per heavy atom. The summed E-state index contributed by atoms with van der Waals surface area (Å²) in [5.74, 6) is -0.639. The Morgan fingerprint density at radius 1 is 1.42 bits per heavy atom. The van der Waals surface area contributed by atoms with Gasteiger partial charge in [0, 0.05) is 25.6 Å². The molecule has 0 unspecified atom stereocenters. The third-order valence-corrected chi connectivity index (χ3v) is 3.83. The maximum Gasteiger partial charge on any atom is 0.303 e. The molecular formula is C13H16BrNO4. The van der Waals surface area contributed by atoms with Crippen LogP contribution in [0.2, 0.25) is 0 Å². The predicted molar refractivity (Wildman–Crippen MR) is 71.9 cm³/mol. The van der Waals surface area contributed by atoms with Crippen molar-refractivity contribution in [3.63, 3.8) is 0 Å². The van der Waals surface area contributed by atoms with Gasteiger partial charge in [0.2, 0.25) is 0 Å². The van der Waals surface area contributed by atoms with Gasteiger partial charge in [-0.3, -0.25) is 9.59 Å². The molecule has 5 nitrogen and oxygen atoms in total. The number of carboxylic acid groups (broad SMARTS) is 1. The second-order valence-corrected chi connectivity index (χ2v) is 5.61. The summed E-state index contributed by atoms with van der Waals surface area (Å²) in [4.78, 5) is 24.7. The molecule has 0 radical (unpaired) electrons. The van der Waals surface area contributed by atoms with Gasteiger partial charge in [-0.25, -0.2) is 0 Å². The summed E-state index contributed by atoms with van der Waals surface area (Å²) >= 11 is 3.17. The first-order valence-electron chi connectivity index (χ1n) is 6.31. The number of halogens is 1. The molecule has 0 aromatic carbocycles. The predicted octanol–water partition coefficient (Wildman–Crippen LogP) is 2.76. The Kier molecular flexibility index (Phi) is 4.63. The molecule has 1 fully saturated rings. The van der Waals surface area contributed by atoms with E-state index < -0.39 is 5.97 Å². The highest BCUT2D eigenvalue weighted by atomic mass is 79.9. The minimum Gasteiger partial charge on any atom is -0.481 e. The number of carbonyl (C=O) groups excluding carboxylic acids is 1. The normalized spacial score (nSPS) is 20.1. The van der Waals surface area contributed by atoms with Crippen molar-refractivity contribution < 1.29 is 19.1 Å². The molecule has 0 aliphatic carbocycles. The van der Waals surface area contributed by atoms with Gasteiger partial charge in [0.25, 0.3) is 5.91 Å². The van der Waals surface area contributed by atoms with Crippen LogP contribution in [0.3, 0.4) is 0 Å². The number of amides is 1. The first-order chi connectivity index (χ1) is 9.06. The number of likely N-dealkylation sites (tertiary alicyclic amines) is 1. The van der Waals surface area contributed by atoms with Gasteiger partial charge in [-0.2, -0.15) is 0 Å². The van der Waals surface area contributed by atoms with Crippen LogP contribution in [0, 0.1) is 5.92 Å². The van der Waals surface area contributed by atoms with Crippen molar-refractivity contribution in [1.82, 2.24) is 4.90 Å². The van der Waals surface area contributed by atoms with Crippen LogP contribution in [-0.2, 0) is 4.79 Å². The first kappa shape index (κ1) is 14.1. The number of aliphatic carboxylic acids is 1. The van der Waals surface area contributed by atoms with Crippen molar-refractivity contribution in [2.45, 2.75) is 25.7 Å². The molecule has 2 rings (SSSR count). The van der Waals surface area contributed by atoms with E-state index in [1.807, 2.05) is 0 Å². The highest BCUT2D eigenvalue weighted by Gasteiger charge is 2.23. The van der Waals surface area contributed by atoms with E-state index in [0.717, 1.165) is 19.3 Å². The molecule has 0 saturated carbocycles. The van der Waals surface area contributed by atoms with E-state index in [4.69, 9.17) is 9.52 Å². The molecular weight excluding hydrogens is 314 g/mol. The molecule has 0 bridgehead atoms. The van der Waals surface area contributed by atoms with Crippen LogP contribution >= 0.6 is 15.9 Å². The molecule has 0 spiro atoms. The second kappa shape index (κ2) is 6.23. The monoisotopic (exact) mass is 329 g/mol. The topological polar surface area (TPSA) is 70.8 Å². The fraction of sp³-hybridized carbons (Fsp3) is 0.538. The SMILES string of the molecule is O=C(O)C[C@H]1CCCN(C(=O)c2coc(Br)c2)CC1. The highest BCUT2D eigenvalue weighted by molar-refractivity contribution is 9.10. The lowest BCUT2D eigenvalue weighted by atomic mass is 9.97. The third-order valence-electron chi connectivity index (χ3n) is 3.41. The van der Waals surface area contributed by atoms with Crippen LogP contribution in [0.4, 0.5) is 0 Å². The van der Waals surface area contributed by atoms with Gasteiger partial charge in [-0.05, 0) is 41.1 Å². The van der Waals surface area contributed by atoms with Gasteiger partial charge in [0.15, 0.2) is 4.67 Å². The maximum atomic E-state index is 12.2. The quantitative estimate of drug-likeness (QED) is 0.925. The molecule has 1 N–H and O–H groups in total. The van der Waals surface area contributed by atoms with E-state index in [2.05, 4.69) is 15.9 Å². The highest BCUT2D eigenvalue weighted by Crippen LogP contribution is 2.23. The van der Waals surface area contributed by atoms with Crippen molar-refractivity contribution in [1.29, 1.82) is 0 Å². The second-order valence-electron chi connectivity index (χ2n) is 4.83. The average Bonchev–Trinajstić information content (AvgIpc) is 2.65. The molecule has 1 amide bonds. The molecule has 1 aromatic heterocycles. The van der Waals surface area contributed by atoms with E-state index in [0.29, 0.717) is 23.3 Å². The van der Waals surface area contributed by atoms with Gasteiger partial charge in [0.1, 0.15) is 6.26 Å². The number of furan rings is 1. The van der Waals surface area contributed by atoms with Crippen LogP contribution in [0.15, 0.2) is 21.4 Å². The Balaban J connectivity index is 1.95. The van der Waals surface area contributed by atoms with Crippen molar-refractivity contribution in [3.8, 4) is 0 Å². The standard InChI is InChI=1S/C13H16BrNO4/c14-11-7-10(8-19-11)13(18)15-4-1-2-9(3-5-15)6-12(16)17/h7-9H,1-6H2,(H,16,17)/t9-/m0/s1. The smallest absolute Gasteiger partial charge is 0.303 e. The van der Waals surface area contributed by atoms with E-state index in [1.165, 1.54) is 6.26 Å². The molecule has 6 heteroatoms. The third kappa shape index (κ3) is 3.83. The minimum absolute atomic E-state index is 0.0505. The van der Waals surface area contributed by atoms with Gasteiger partial charge in [-0.1, -0.05) is 0 Å². The van der Waals surface area contributed by atoms with Crippen LogP contribution in [0.25, 0.3) is 0 Å². The van der Waals surface area contributed by atoms with Crippen molar-refractivity contribution >= 4 is 27.8 Å². The van der Waals surface area contributed by atoms with E-state index in [1.54, 1.807) is 11.0 Å². The average molecular weight is 330 g/mol. The number of hydrogen-bond acceptors (Lipinski definition) is 3. The van der Waals surface area contributed by atoms with Gasteiger partial charge >= 0.3 is 5.97 Å². The van der Waals surface area contributed by atoms with Crippen LogP contribution in [0.5, 0.6) is 0 Å². The number of carboxylic acids is 1. The first-order valence-corrected chi connectivity index (χ1v) is 7.10. The fourth-order valence-corrected chi connectivity index (χ4v) is 2.76. The van der Waals surface area contributed by atoms with Crippen molar-refractivity contribution in [2.24, 2.45) is 5.92 Å². The largest absolute Gasteiger partial charge is 0.481 e. The number of nitrogens with zero attached hydrogens (tertiary/aromatic N) is 1. The molecule has 19 heavy (non-hydrogen) atoms. The van der Waals surface area contributed by atoms with Crippen LogP contribution in [0.1, 0.15) is 36.0 Å². The van der Waals surface area contributed by atoms with Crippen LogP contribution in [-0.4, -0.2) is 35.0 Å². The zero-order valence-electron chi connectivity index (χ0n) is 10.5. The zero-order valence-corrected chi connectivity index (χ0v) is 12.1. The summed E-state index contributed by atoms with van der Waals surface area (Å²) in [7, 11) is 0. The molecule has 1 saturated heterocycles. The summed E-state index contributed by atoms with van der Waals surface area (Å²) in [5.41, 5.74) is 0.531. The maximum absolute atomic E-state index is 12.2. The molecule has 1 aliphatic rings. The van der Waals surface area contributed by atoms with E-state index >= 15 is 0 Å². The molecule has 2 heterocycles. The molecule has 104 valence electrons. The zero-order chi connectivity index (χ0) is 13.8. The number of hydrogen-bond donors (Lipinski definition) is 1. The molecule has 1 atom stereocenters. The summed E-state index contributed by atoms with van der Waals surface area (Å²) in [6, 6.07) is 1.65. The van der Waals surface area contributed by atoms with Crippen molar-refractivity contribution in [2.75, 3.05) is 13.1 Å². The fourth-order valence-electron chi connectivity index (χ4n) is 2.42. The Labute approximate surface area is 119 Å². The summed E-state index contributed by atoms with van der Waals surface area (Å²) in [5, 5.41) is 8.82. The van der Waals surface area contributed by atoms with E-state index in [-0.39, 0.29) is 18.2 Å². The lowest BCUT2D eigenvalue weighted by Gasteiger charge is -2.19. The van der Waals surface area contributed by atoms with Crippen LogP contribution < -0.4 is 0 Å². The summed E-state index contributed by atoms with van der Waals surface area (Å²) in [6.45, 7) is 1.29. The van der Waals surface area contributed by atoms with Crippen molar-refractivity contribution in [3.05, 3.63) is 22.6 Å².